The number of pyridine rings is 1. The molecule has 6 heteroatoms. The molecule has 16 heavy (non-hydrogen) atoms. The highest BCUT2D eigenvalue weighted by molar-refractivity contribution is 9.10. The van der Waals surface area contributed by atoms with Crippen molar-refractivity contribution in [3.63, 3.8) is 0 Å². The van der Waals surface area contributed by atoms with Crippen molar-refractivity contribution >= 4 is 33.5 Å². The fourth-order valence-corrected chi connectivity index (χ4v) is 1.96. The number of carbonyl (C=O) groups excluding carboxylic acids is 1. The molecule has 1 atom stereocenters. The molecule has 0 aliphatic carbocycles. The Morgan fingerprint density at radius 2 is 2.50 bits per heavy atom. The van der Waals surface area contributed by atoms with Crippen LogP contribution in [-0.4, -0.2) is 17.6 Å². The van der Waals surface area contributed by atoms with Crippen molar-refractivity contribution < 1.29 is 9.53 Å². The van der Waals surface area contributed by atoms with E-state index in [1.54, 1.807) is 13.0 Å². The molecule has 0 spiro atoms. The number of hydrogen-bond donors (Lipinski definition) is 0. The first-order valence-corrected chi connectivity index (χ1v) is 5.64. The van der Waals surface area contributed by atoms with Crippen molar-refractivity contribution in [1.29, 1.82) is 5.26 Å². The van der Waals surface area contributed by atoms with E-state index in [0.717, 1.165) is 0 Å². The Morgan fingerprint density at radius 3 is 3.00 bits per heavy atom. The van der Waals surface area contributed by atoms with E-state index in [1.807, 2.05) is 6.07 Å². The average molecular weight is 304 g/mol. The molecular formula is C10H8BrClN2O2. The number of ether oxygens (including phenoxy) is 1. The normalized spacial score (nSPS) is 11.6. The summed E-state index contributed by atoms with van der Waals surface area (Å²) in [5.74, 6) is -1.65. The van der Waals surface area contributed by atoms with Crippen molar-refractivity contribution in [1.82, 2.24) is 4.98 Å². The SMILES string of the molecule is CCOC(=O)C(C#N)c1ncc(Cl)cc1Br. The van der Waals surface area contributed by atoms with E-state index < -0.39 is 11.9 Å². The molecule has 1 aromatic heterocycles. The van der Waals surface area contributed by atoms with Crippen LogP contribution in [0.2, 0.25) is 5.02 Å². The first kappa shape index (κ1) is 12.9. The van der Waals surface area contributed by atoms with Crippen molar-refractivity contribution in [3.05, 3.63) is 27.5 Å². The molecular weight excluding hydrogens is 295 g/mol. The summed E-state index contributed by atoms with van der Waals surface area (Å²) in [5.41, 5.74) is 0.311. The number of hydrogen-bond acceptors (Lipinski definition) is 4. The standard InChI is InChI=1S/C10H8BrClN2O2/c1-2-16-10(15)7(4-13)9-8(11)3-6(12)5-14-9/h3,5,7H,2H2,1H3. The first-order valence-electron chi connectivity index (χ1n) is 4.47. The van der Waals surface area contributed by atoms with Crippen molar-refractivity contribution in [3.8, 4) is 6.07 Å². The van der Waals surface area contributed by atoms with Gasteiger partial charge in [-0.15, -0.1) is 0 Å². The third-order valence-electron chi connectivity index (χ3n) is 1.76. The van der Waals surface area contributed by atoms with Gasteiger partial charge in [-0.1, -0.05) is 11.6 Å². The maximum absolute atomic E-state index is 11.5. The zero-order valence-corrected chi connectivity index (χ0v) is 10.7. The van der Waals surface area contributed by atoms with Crippen LogP contribution in [0.25, 0.3) is 0 Å². The predicted molar refractivity (Wildman–Crippen MR) is 61.9 cm³/mol. The Kier molecular flexibility index (Phi) is 4.71. The first-order chi connectivity index (χ1) is 7.60. The van der Waals surface area contributed by atoms with Crippen molar-refractivity contribution in [2.75, 3.05) is 6.61 Å². The van der Waals surface area contributed by atoms with Crippen LogP contribution >= 0.6 is 27.5 Å². The Labute approximate surface area is 106 Å². The smallest absolute Gasteiger partial charge is 0.329 e. The van der Waals surface area contributed by atoms with Gasteiger partial charge in [0.15, 0.2) is 5.92 Å². The monoisotopic (exact) mass is 302 g/mol. The fraction of sp³-hybridized carbons (Fsp3) is 0.300. The topological polar surface area (TPSA) is 63.0 Å². The summed E-state index contributed by atoms with van der Waals surface area (Å²) >= 11 is 8.92. The highest BCUT2D eigenvalue weighted by atomic mass is 79.9. The molecule has 0 aromatic carbocycles. The van der Waals surface area contributed by atoms with Crippen LogP contribution < -0.4 is 0 Å². The molecule has 1 heterocycles. The van der Waals surface area contributed by atoms with E-state index in [4.69, 9.17) is 21.6 Å². The van der Waals surface area contributed by atoms with E-state index in [9.17, 15) is 4.79 Å². The summed E-state index contributed by atoms with van der Waals surface area (Å²) < 4.78 is 5.29. The number of nitrogens with zero attached hydrogens (tertiary/aromatic N) is 2. The van der Waals surface area contributed by atoms with Gasteiger partial charge in [0.25, 0.3) is 0 Å². The lowest BCUT2D eigenvalue weighted by Gasteiger charge is -2.09. The molecule has 0 aliphatic rings. The van der Waals surface area contributed by atoms with Gasteiger partial charge in [0.2, 0.25) is 0 Å². The zero-order chi connectivity index (χ0) is 12.1. The van der Waals surface area contributed by atoms with Crippen LogP contribution in [0.3, 0.4) is 0 Å². The lowest BCUT2D eigenvalue weighted by Crippen LogP contribution is -2.16. The minimum absolute atomic E-state index is 0.224. The van der Waals surface area contributed by atoms with E-state index >= 15 is 0 Å². The lowest BCUT2D eigenvalue weighted by atomic mass is 10.1. The van der Waals surface area contributed by atoms with Gasteiger partial charge in [-0.05, 0) is 28.9 Å². The summed E-state index contributed by atoms with van der Waals surface area (Å²) in [7, 11) is 0. The van der Waals surface area contributed by atoms with E-state index in [1.165, 1.54) is 6.20 Å². The Hall–Kier alpha value is -1.12. The molecule has 1 aromatic rings. The second-order valence-corrected chi connectivity index (χ2v) is 4.13. The van der Waals surface area contributed by atoms with E-state index in [0.29, 0.717) is 15.2 Å². The molecule has 0 radical (unpaired) electrons. The maximum atomic E-state index is 11.5. The summed E-state index contributed by atoms with van der Waals surface area (Å²) in [5, 5.41) is 9.35. The van der Waals surface area contributed by atoms with Crippen molar-refractivity contribution in [2.45, 2.75) is 12.8 Å². The largest absolute Gasteiger partial charge is 0.465 e. The molecule has 0 amide bonds. The van der Waals surface area contributed by atoms with Gasteiger partial charge in [-0.25, -0.2) is 0 Å². The minimum Gasteiger partial charge on any atom is -0.465 e. The molecule has 84 valence electrons. The molecule has 0 saturated heterocycles. The molecule has 0 saturated carbocycles. The molecule has 0 fully saturated rings. The van der Waals surface area contributed by atoms with Gasteiger partial charge in [0, 0.05) is 10.7 Å². The van der Waals surface area contributed by atoms with E-state index in [2.05, 4.69) is 20.9 Å². The second-order valence-electron chi connectivity index (χ2n) is 2.83. The average Bonchev–Trinajstić information content (AvgIpc) is 2.22. The molecule has 0 N–H and O–H groups in total. The highest BCUT2D eigenvalue weighted by Gasteiger charge is 2.25. The Bertz CT molecular complexity index is 445. The third kappa shape index (κ3) is 2.94. The van der Waals surface area contributed by atoms with Crippen LogP contribution in [0.5, 0.6) is 0 Å². The van der Waals surface area contributed by atoms with E-state index in [-0.39, 0.29) is 6.61 Å². The Balaban J connectivity index is 3.05. The highest BCUT2D eigenvalue weighted by Crippen LogP contribution is 2.26. The van der Waals surface area contributed by atoms with Crippen LogP contribution in [0.15, 0.2) is 16.7 Å². The summed E-state index contributed by atoms with van der Waals surface area (Å²) in [6.45, 7) is 1.90. The minimum atomic E-state index is -1.04. The lowest BCUT2D eigenvalue weighted by molar-refractivity contribution is -0.143. The molecule has 1 unspecified atom stereocenters. The number of halogens is 2. The predicted octanol–water partition coefficient (Wildman–Crippen LogP) is 2.67. The quantitative estimate of drug-likeness (QED) is 0.805. The van der Waals surface area contributed by atoms with Crippen LogP contribution in [-0.2, 0) is 9.53 Å². The summed E-state index contributed by atoms with van der Waals surface area (Å²) in [6.07, 6.45) is 1.38. The van der Waals surface area contributed by atoms with Crippen molar-refractivity contribution in [2.24, 2.45) is 0 Å². The number of esters is 1. The number of rotatable bonds is 3. The maximum Gasteiger partial charge on any atom is 0.329 e. The summed E-state index contributed by atoms with van der Waals surface area (Å²) in [6, 6.07) is 3.43. The van der Waals surface area contributed by atoms with Gasteiger partial charge in [0.05, 0.1) is 23.4 Å². The number of aromatic nitrogens is 1. The zero-order valence-electron chi connectivity index (χ0n) is 8.41. The number of carbonyl (C=O) groups is 1. The Morgan fingerprint density at radius 1 is 1.81 bits per heavy atom. The molecule has 0 bridgehead atoms. The van der Waals surface area contributed by atoms with Crippen LogP contribution in [0, 0.1) is 11.3 Å². The van der Waals surface area contributed by atoms with Gasteiger partial charge in [-0.3, -0.25) is 9.78 Å². The van der Waals surface area contributed by atoms with Gasteiger partial charge >= 0.3 is 5.97 Å². The molecule has 1 rings (SSSR count). The van der Waals surface area contributed by atoms with Gasteiger partial charge in [-0.2, -0.15) is 5.26 Å². The van der Waals surface area contributed by atoms with Gasteiger partial charge in [0.1, 0.15) is 0 Å². The van der Waals surface area contributed by atoms with Crippen LogP contribution in [0.4, 0.5) is 0 Å². The molecule has 0 aliphatic heterocycles. The fourth-order valence-electron chi connectivity index (χ4n) is 1.09. The number of nitriles is 1. The summed E-state index contributed by atoms with van der Waals surface area (Å²) in [4.78, 5) is 15.4. The third-order valence-corrected chi connectivity index (χ3v) is 2.60. The second kappa shape index (κ2) is 5.83. The van der Waals surface area contributed by atoms with Crippen LogP contribution in [0.1, 0.15) is 18.5 Å². The van der Waals surface area contributed by atoms with Gasteiger partial charge < -0.3 is 4.74 Å². The molecule has 4 nitrogen and oxygen atoms in total.